The Morgan fingerprint density at radius 3 is 2.67 bits per heavy atom. The Balaban J connectivity index is 2.21. The van der Waals surface area contributed by atoms with Crippen LogP contribution in [0, 0.1) is 0 Å². The second-order valence-corrected chi connectivity index (χ2v) is 5.51. The van der Waals surface area contributed by atoms with Crippen molar-refractivity contribution in [2.45, 2.75) is 32.1 Å². The minimum atomic E-state index is -0.339. The molecule has 0 aromatic heterocycles. The first-order valence-electron chi connectivity index (χ1n) is 6.32. The molecule has 0 fully saturated rings. The van der Waals surface area contributed by atoms with E-state index in [0.29, 0.717) is 18.4 Å². The average Bonchev–Trinajstić information content (AvgIpc) is 2.42. The lowest BCUT2D eigenvalue weighted by molar-refractivity contribution is 0.139. The number of hydrogen-bond acceptors (Lipinski definition) is 3. The maximum Gasteiger partial charge on any atom is 0.407 e. The third-order valence-corrected chi connectivity index (χ3v) is 3.85. The van der Waals surface area contributed by atoms with E-state index in [1.54, 1.807) is 0 Å². The highest BCUT2D eigenvalue weighted by atomic mass is 32.2. The fraction of sp³-hybridized carbons (Fsp3) is 0.500. The van der Waals surface area contributed by atoms with Gasteiger partial charge in [-0.3, -0.25) is 0 Å². The third kappa shape index (κ3) is 5.96. The second kappa shape index (κ2) is 8.86. The number of nitrogens with one attached hydrogen (secondary N) is 1. The summed E-state index contributed by atoms with van der Waals surface area (Å²) in [5.74, 6) is 1.07. The minimum absolute atomic E-state index is 0.324. The summed E-state index contributed by atoms with van der Waals surface area (Å²) in [6, 6.07) is 9.69. The molecule has 0 heterocycles. The molecule has 0 aliphatic rings. The van der Waals surface area contributed by atoms with Crippen molar-refractivity contribution in [3.63, 3.8) is 0 Å². The Hall–Kier alpha value is -1.16. The van der Waals surface area contributed by atoms with Crippen molar-refractivity contribution >= 4 is 17.9 Å². The van der Waals surface area contributed by atoms with Gasteiger partial charge in [-0.1, -0.05) is 44.2 Å². The molecule has 100 valence electrons. The van der Waals surface area contributed by atoms with Crippen LogP contribution in [0.15, 0.2) is 30.3 Å². The number of alkyl carbamates (subject to hydrolysis) is 1. The Bertz CT molecular complexity index is 343. The zero-order valence-electron chi connectivity index (χ0n) is 11.0. The Morgan fingerprint density at radius 2 is 2.06 bits per heavy atom. The molecule has 0 saturated carbocycles. The summed E-state index contributed by atoms with van der Waals surface area (Å²) >= 11 is 1.86. The molecule has 1 rings (SSSR count). The number of thioether (sulfide) groups is 1. The van der Waals surface area contributed by atoms with E-state index in [1.807, 2.05) is 42.1 Å². The monoisotopic (exact) mass is 267 g/mol. The average molecular weight is 267 g/mol. The van der Waals surface area contributed by atoms with E-state index in [2.05, 4.69) is 19.2 Å². The highest BCUT2D eigenvalue weighted by Gasteiger charge is 2.08. The van der Waals surface area contributed by atoms with Gasteiger partial charge in [-0.25, -0.2) is 4.79 Å². The van der Waals surface area contributed by atoms with Crippen molar-refractivity contribution < 1.29 is 9.53 Å². The van der Waals surface area contributed by atoms with Gasteiger partial charge in [-0.15, -0.1) is 0 Å². The van der Waals surface area contributed by atoms with E-state index in [1.165, 1.54) is 0 Å². The van der Waals surface area contributed by atoms with Crippen LogP contribution >= 0.6 is 11.8 Å². The summed E-state index contributed by atoms with van der Waals surface area (Å²) in [6.07, 6.45) is 0.714. The fourth-order valence-corrected chi connectivity index (χ4v) is 2.44. The molecule has 4 heteroatoms. The fourth-order valence-electron chi connectivity index (χ4n) is 1.53. The van der Waals surface area contributed by atoms with E-state index in [-0.39, 0.29) is 6.09 Å². The molecule has 18 heavy (non-hydrogen) atoms. The molecule has 1 aromatic rings. The van der Waals surface area contributed by atoms with E-state index < -0.39 is 0 Å². The summed E-state index contributed by atoms with van der Waals surface area (Å²) in [5, 5.41) is 3.28. The molecule has 1 atom stereocenters. The van der Waals surface area contributed by atoms with Gasteiger partial charge in [0.1, 0.15) is 6.61 Å². The highest BCUT2D eigenvalue weighted by Crippen LogP contribution is 2.12. The van der Waals surface area contributed by atoms with Gasteiger partial charge in [-0.05, 0) is 17.7 Å². The Labute approximate surface area is 113 Å². The van der Waals surface area contributed by atoms with Gasteiger partial charge in [0.25, 0.3) is 0 Å². The number of carbonyl (C=O) groups excluding carboxylic acids is 1. The molecule has 1 aromatic carbocycles. The van der Waals surface area contributed by atoms with Crippen LogP contribution < -0.4 is 5.32 Å². The second-order valence-electron chi connectivity index (χ2n) is 3.93. The predicted molar refractivity (Wildman–Crippen MR) is 76.8 cm³/mol. The topological polar surface area (TPSA) is 38.3 Å². The van der Waals surface area contributed by atoms with Crippen LogP contribution in [-0.4, -0.2) is 23.6 Å². The summed E-state index contributed by atoms with van der Waals surface area (Å²) in [5.41, 5.74) is 1.00. The van der Waals surface area contributed by atoms with Crippen molar-refractivity contribution in [2.24, 2.45) is 0 Å². The van der Waals surface area contributed by atoms with Gasteiger partial charge < -0.3 is 10.1 Å². The van der Waals surface area contributed by atoms with Crippen molar-refractivity contribution in [2.75, 3.05) is 12.3 Å². The molecule has 0 aliphatic heterocycles. The normalized spacial score (nSPS) is 11.9. The van der Waals surface area contributed by atoms with Crippen molar-refractivity contribution in [3.8, 4) is 0 Å². The van der Waals surface area contributed by atoms with E-state index >= 15 is 0 Å². The first kappa shape index (κ1) is 14.9. The molecule has 1 N–H and O–H groups in total. The number of hydrogen-bond donors (Lipinski definition) is 1. The molecule has 0 saturated heterocycles. The Morgan fingerprint density at radius 1 is 1.33 bits per heavy atom. The number of rotatable bonds is 7. The maximum absolute atomic E-state index is 11.5. The van der Waals surface area contributed by atoms with Gasteiger partial charge in [-0.2, -0.15) is 11.8 Å². The highest BCUT2D eigenvalue weighted by molar-refractivity contribution is 7.99. The number of amides is 1. The molecule has 0 bridgehead atoms. The maximum atomic E-state index is 11.5. The van der Waals surface area contributed by atoms with Crippen LogP contribution in [0.3, 0.4) is 0 Å². The van der Waals surface area contributed by atoms with Crippen LogP contribution in [0.25, 0.3) is 0 Å². The molecule has 0 aliphatic carbocycles. The summed E-state index contributed by atoms with van der Waals surface area (Å²) in [7, 11) is 0. The quantitative estimate of drug-likeness (QED) is 0.822. The molecule has 3 nitrogen and oxygen atoms in total. The van der Waals surface area contributed by atoms with Crippen molar-refractivity contribution in [3.05, 3.63) is 35.9 Å². The number of ether oxygens (including phenoxy) is 1. The lowest BCUT2D eigenvalue weighted by Gasteiger charge is -2.14. The summed E-state index contributed by atoms with van der Waals surface area (Å²) in [4.78, 5) is 11.5. The number of carbonyl (C=O) groups is 1. The van der Waals surface area contributed by atoms with Gasteiger partial charge in [0.05, 0.1) is 0 Å². The van der Waals surface area contributed by atoms with Crippen molar-refractivity contribution in [1.29, 1.82) is 0 Å². The smallest absolute Gasteiger partial charge is 0.407 e. The minimum Gasteiger partial charge on any atom is -0.445 e. The SMILES string of the molecule is CCS[C@@H](CC)CNC(=O)OCc1ccccc1. The van der Waals surface area contributed by atoms with Crippen LogP contribution in [0.1, 0.15) is 25.8 Å². The molecule has 0 spiro atoms. The first-order valence-corrected chi connectivity index (χ1v) is 7.37. The van der Waals surface area contributed by atoms with Crippen molar-refractivity contribution in [1.82, 2.24) is 5.32 Å². The zero-order valence-corrected chi connectivity index (χ0v) is 11.8. The van der Waals surface area contributed by atoms with Crippen LogP contribution in [0.4, 0.5) is 4.79 Å². The molecular formula is C14H21NO2S. The van der Waals surface area contributed by atoms with E-state index in [9.17, 15) is 4.79 Å². The number of benzene rings is 1. The standard InChI is InChI=1S/C14H21NO2S/c1-3-13(18-4-2)10-15-14(16)17-11-12-8-6-5-7-9-12/h5-9,13H,3-4,10-11H2,1-2H3,(H,15,16)/t13-/m0/s1. The lowest BCUT2D eigenvalue weighted by atomic mass is 10.2. The van der Waals surface area contributed by atoms with Gasteiger partial charge in [0.15, 0.2) is 0 Å². The summed E-state index contributed by atoms with van der Waals surface area (Å²) in [6.45, 7) is 5.25. The largest absolute Gasteiger partial charge is 0.445 e. The lowest BCUT2D eigenvalue weighted by Crippen LogP contribution is -2.31. The zero-order chi connectivity index (χ0) is 13.2. The van der Waals surface area contributed by atoms with E-state index in [4.69, 9.17) is 4.74 Å². The summed E-state index contributed by atoms with van der Waals surface area (Å²) < 4.78 is 5.14. The van der Waals surface area contributed by atoms with Gasteiger partial charge in [0, 0.05) is 11.8 Å². The molecule has 0 unspecified atom stereocenters. The van der Waals surface area contributed by atoms with Crippen LogP contribution in [0.2, 0.25) is 0 Å². The molecule has 0 radical (unpaired) electrons. The first-order chi connectivity index (χ1) is 8.76. The third-order valence-electron chi connectivity index (χ3n) is 2.54. The van der Waals surface area contributed by atoms with Crippen LogP contribution in [0.5, 0.6) is 0 Å². The van der Waals surface area contributed by atoms with Gasteiger partial charge in [0.2, 0.25) is 0 Å². The predicted octanol–water partition coefficient (Wildman–Crippen LogP) is 3.44. The van der Waals surface area contributed by atoms with Crippen LogP contribution in [-0.2, 0) is 11.3 Å². The van der Waals surface area contributed by atoms with E-state index in [0.717, 1.165) is 17.7 Å². The molecule has 1 amide bonds. The van der Waals surface area contributed by atoms with Gasteiger partial charge >= 0.3 is 6.09 Å². The Kier molecular flexibility index (Phi) is 7.34. The molecular weight excluding hydrogens is 246 g/mol.